The zero-order valence-electron chi connectivity index (χ0n) is 8.14. The van der Waals surface area contributed by atoms with Crippen molar-refractivity contribution in [3.63, 3.8) is 0 Å². The van der Waals surface area contributed by atoms with E-state index in [9.17, 15) is 5.11 Å². The number of nitrogen functional groups attached to an aromatic ring is 1. The summed E-state index contributed by atoms with van der Waals surface area (Å²) >= 11 is 1.22. The molecule has 2 aromatic heterocycles. The summed E-state index contributed by atoms with van der Waals surface area (Å²) in [6.07, 6.45) is 0. The van der Waals surface area contributed by atoms with Crippen LogP contribution in [0.15, 0.2) is 24.3 Å². The maximum Gasteiger partial charge on any atom is 0.232 e. The second-order valence-electron chi connectivity index (χ2n) is 3.38. The fourth-order valence-corrected chi connectivity index (χ4v) is 2.16. The van der Waals surface area contributed by atoms with Crippen molar-refractivity contribution in [1.82, 2.24) is 14.3 Å². The molecule has 1 aromatic carbocycles. The average molecular weight is 232 g/mol. The zero-order valence-corrected chi connectivity index (χ0v) is 8.95. The number of phenolic OH excluding ortho intramolecular Hbond substituents is 1. The van der Waals surface area contributed by atoms with E-state index in [-0.39, 0.29) is 11.7 Å². The third-order valence-corrected chi connectivity index (χ3v) is 3.07. The summed E-state index contributed by atoms with van der Waals surface area (Å²) in [4.78, 5) is 7.17. The fourth-order valence-electron chi connectivity index (χ4n) is 1.60. The first-order valence-electron chi connectivity index (χ1n) is 4.64. The van der Waals surface area contributed by atoms with Gasteiger partial charge in [0.2, 0.25) is 5.95 Å². The molecule has 6 heteroatoms. The number of nitrogens with two attached hydrogens (primary N) is 1. The van der Waals surface area contributed by atoms with Gasteiger partial charge in [-0.1, -0.05) is 12.1 Å². The van der Waals surface area contributed by atoms with Crippen molar-refractivity contribution in [3.8, 4) is 16.5 Å². The summed E-state index contributed by atoms with van der Waals surface area (Å²) in [7, 11) is 0. The smallest absolute Gasteiger partial charge is 0.232 e. The molecule has 0 atom stereocenters. The Hall–Kier alpha value is -2.08. The number of benzene rings is 1. The summed E-state index contributed by atoms with van der Waals surface area (Å²) in [5.41, 5.74) is 6.98. The molecule has 0 fully saturated rings. The normalized spacial score (nSPS) is 11.0. The molecule has 2 heterocycles. The average Bonchev–Trinajstić information content (AvgIpc) is 2.84. The number of rotatable bonds is 1. The highest BCUT2D eigenvalue weighted by Gasteiger charge is 2.09. The van der Waals surface area contributed by atoms with E-state index in [1.54, 1.807) is 12.1 Å². The van der Waals surface area contributed by atoms with E-state index < -0.39 is 0 Å². The minimum Gasteiger partial charge on any atom is -0.506 e. The van der Waals surface area contributed by atoms with Crippen LogP contribution >= 0.6 is 11.5 Å². The van der Waals surface area contributed by atoms with Gasteiger partial charge in [-0.3, -0.25) is 0 Å². The number of phenols is 1. The van der Waals surface area contributed by atoms with Crippen LogP contribution in [0.25, 0.3) is 21.6 Å². The first-order valence-corrected chi connectivity index (χ1v) is 5.41. The zero-order chi connectivity index (χ0) is 11.1. The Morgan fingerprint density at radius 3 is 2.94 bits per heavy atom. The predicted molar refractivity (Wildman–Crippen MR) is 63.3 cm³/mol. The van der Waals surface area contributed by atoms with E-state index in [1.807, 2.05) is 12.1 Å². The Labute approximate surface area is 94.7 Å². The fraction of sp³-hybridized carbons (Fsp3) is 0. The van der Waals surface area contributed by atoms with Gasteiger partial charge in [0, 0.05) is 5.39 Å². The minimum absolute atomic E-state index is 0.223. The van der Waals surface area contributed by atoms with Gasteiger partial charge in [-0.25, -0.2) is 0 Å². The number of anilines is 1. The van der Waals surface area contributed by atoms with Crippen molar-refractivity contribution in [2.24, 2.45) is 0 Å². The minimum atomic E-state index is 0.223. The summed E-state index contributed by atoms with van der Waals surface area (Å²) in [5, 5.41) is 11.3. The van der Waals surface area contributed by atoms with E-state index in [4.69, 9.17) is 5.73 Å². The summed E-state index contributed by atoms with van der Waals surface area (Å²) < 4.78 is 3.91. The SMILES string of the molecule is Nc1nsc(-c2cc3cccc(O)c3[nH]2)n1. The first-order chi connectivity index (χ1) is 7.74. The highest BCUT2D eigenvalue weighted by atomic mass is 32.1. The molecule has 0 amide bonds. The van der Waals surface area contributed by atoms with E-state index in [2.05, 4.69) is 14.3 Å². The van der Waals surface area contributed by atoms with E-state index in [0.717, 1.165) is 11.1 Å². The standard InChI is InChI=1S/C10H8N4OS/c11-10-13-9(16-14-10)6-4-5-2-1-3-7(15)8(5)12-6/h1-4,12,15H,(H2,11,14). The van der Waals surface area contributed by atoms with Crippen LogP contribution in [0, 0.1) is 0 Å². The van der Waals surface area contributed by atoms with Crippen molar-refractivity contribution in [2.75, 3.05) is 5.73 Å². The highest BCUT2D eigenvalue weighted by molar-refractivity contribution is 7.09. The lowest BCUT2D eigenvalue weighted by Crippen LogP contribution is -1.85. The number of nitrogens with one attached hydrogen (secondary N) is 1. The quantitative estimate of drug-likeness (QED) is 0.598. The molecule has 0 aliphatic carbocycles. The molecule has 0 unspecified atom stereocenters. The number of hydrogen-bond acceptors (Lipinski definition) is 5. The number of para-hydroxylation sites is 1. The lowest BCUT2D eigenvalue weighted by Gasteiger charge is -1.92. The van der Waals surface area contributed by atoms with Crippen molar-refractivity contribution in [2.45, 2.75) is 0 Å². The lowest BCUT2D eigenvalue weighted by atomic mass is 10.2. The summed E-state index contributed by atoms with van der Waals surface area (Å²) in [6.45, 7) is 0. The van der Waals surface area contributed by atoms with Crippen LogP contribution in [0.1, 0.15) is 0 Å². The Balaban J connectivity index is 2.22. The number of aromatic nitrogens is 3. The molecule has 4 N–H and O–H groups in total. The number of hydrogen-bond donors (Lipinski definition) is 3. The highest BCUT2D eigenvalue weighted by Crippen LogP contribution is 2.29. The van der Waals surface area contributed by atoms with Crippen LogP contribution in [-0.2, 0) is 0 Å². The van der Waals surface area contributed by atoms with Crippen molar-refractivity contribution in [1.29, 1.82) is 0 Å². The first kappa shape index (κ1) is 9.17. The van der Waals surface area contributed by atoms with Crippen LogP contribution in [0.3, 0.4) is 0 Å². The summed E-state index contributed by atoms with van der Waals surface area (Å²) in [5.74, 6) is 0.490. The van der Waals surface area contributed by atoms with Gasteiger partial charge in [-0.2, -0.15) is 9.36 Å². The van der Waals surface area contributed by atoms with Crippen LogP contribution in [-0.4, -0.2) is 19.4 Å². The molecule has 0 aliphatic rings. The largest absolute Gasteiger partial charge is 0.506 e. The number of nitrogens with zero attached hydrogens (tertiary/aromatic N) is 2. The molecular weight excluding hydrogens is 224 g/mol. The van der Waals surface area contributed by atoms with E-state index >= 15 is 0 Å². The van der Waals surface area contributed by atoms with Crippen LogP contribution in [0.2, 0.25) is 0 Å². The second-order valence-corrected chi connectivity index (χ2v) is 4.13. The topological polar surface area (TPSA) is 87.8 Å². The molecule has 80 valence electrons. The van der Waals surface area contributed by atoms with Crippen LogP contribution in [0.4, 0.5) is 5.95 Å². The molecule has 16 heavy (non-hydrogen) atoms. The molecule has 0 spiro atoms. The molecule has 0 aliphatic heterocycles. The molecule has 0 radical (unpaired) electrons. The maximum absolute atomic E-state index is 9.65. The maximum atomic E-state index is 9.65. The van der Waals surface area contributed by atoms with E-state index in [0.29, 0.717) is 10.5 Å². The van der Waals surface area contributed by atoms with Gasteiger partial charge in [-0.15, -0.1) is 0 Å². The molecule has 0 saturated carbocycles. The second kappa shape index (κ2) is 3.21. The number of fused-ring (bicyclic) bond motifs is 1. The molecule has 0 saturated heterocycles. The Kier molecular flexibility index (Phi) is 1.84. The monoisotopic (exact) mass is 232 g/mol. The third-order valence-electron chi connectivity index (χ3n) is 2.31. The van der Waals surface area contributed by atoms with Crippen LogP contribution < -0.4 is 5.73 Å². The predicted octanol–water partition coefficient (Wildman–Crippen LogP) is 1.97. The van der Waals surface area contributed by atoms with Gasteiger partial charge in [0.25, 0.3) is 0 Å². The van der Waals surface area contributed by atoms with Crippen molar-refractivity contribution >= 4 is 28.4 Å². The van der Waals surface area contributed by atoms with Gasteiger partial charge in [0.05, 0.1) is 11.2 Å². The molecule has 3 aromatic rings. The lowest BCUT2D eigenvalue weighted by molar-refractivity contribution is 0.480. The Morgan fingerprint density at radius 1 is 1.38 bits per heavy atom. The number of aromatic amines is 1. The van der Waals surface area contributed by atoms with Gasteiger partial charge in [0.1, 0.15) is 5.75 Å². The van der Waals surface area contributed by atoms with Crippen molar-refractivity contribution < 1.29 is 5.11 Å². The van der Waals surface area contributed by atoms with Gasteiger partial charge < -0.3 is 15.8 Å². The Morgan fingerprint density at radius 2 is 2.25 bits per heavy atom. The molecule has 3 rings (SSSR count). The summed E-state index contributed by atoms with van der Waals surface area (Å²) in [6, 6.07) is 7.26. The molecule has 0 bridgehead atoms. The van der Waals surface area contributed by atoms with Crippen LogP contribution in [0.5, 0.6) is 5.75 Å². The van der Waals surface area contributed by atoms with Gasteiger partial charge in [0.15, 0.2) is 5.01 Å². The molecule has 5 nitrogen and oxygen atoms in total. The Bertz CT molecular complexity index is 658. The van der Waals surface area contributed by atoms with Gasteiger partial charge >= 0.3 is 0 Å². The molecular formula is C10H8N4OS. The van der Waals surface area contributed by atoms with E-state index in [1.165, 1.54) is 11.5 Å². The van der Waals surface area contributed by atoms with Crippen molar-refractivity contribution in [3.05, 3.63) is 24.3 Å². The third kappa shape index (κ3) is 1.31. The number of aromatic hydroxyl groups is 1. The van der Waals surface area contributed by atoms with Gasteiger partial charge in [-0.05, 0) is 23.7 Å². The number of H-pyrrole nitrogens is 1.